The predicted octanol–water partition coefficient (Wildman–Crippen LogP) is 2.12. The maximum absolute atomic E-state index is 10.7. The Kier molecular flexibility index (Phi) is 3.23. The first-order chi connectivity index (χ1) is 8.18. The summed E-state index contributed by atoms with van der Waals surface area (Å²) in [5, 5.41) is 8.81. The summed E-state index contributed by atoms with van der Waals surface area (Å²) in [6, 6.07) is 10.0. The van der Waals surface area contributed by atoms with E-state index in [4.69, 9.17) is 5.11 Å². The molecular weight excluding hydrogens is 216 g/mol. The Balaban J connectivity index is 2.28. The molecule has 1 heterocycles. The van der Waals surface area contributed by atoms with Crippen molar-refractivity contribution in [3.63, 3.8) is 0 Å². The molecule has 0 fully saturated rings. The molecule has 0 saturated carbocycles. The number of imidazole rings is 1. The topological polar surface area (TPSA) is 55.1 Å². The lowest BCUT2D eigenvalue weighted by Crippen LogP contribution is -2.13. The summed E-state index contributed by atoms with van der Waals surface area (Å²) in [6.07, 6.45) is 3.40. The molecule has 0 spiro atoms. The predicted molar refractivity (Wildman–Crippen MR) is 63.8 cm³/mol. The molecule has 4 nitrogen and oxygen atoms in total. The summed E-state index contributed by atoms with van der Waals surface area (Å²) in [5.41, 5.74) is 1.14. The molecule has 0 aliphatic carbocycles. The number of benzene rings is 1. The minimum Gasteiger partial charge on any atom is -0.481 e. The second-order valence-electron chi connectivity index (χ2n) is 3.91. The van der Waals surface area contributed by atoms with Crippen LogP contribution in [-0.2, 0) is 11.2 Å². The highest BCUT2D eigenvalue weighted by atomic mass is 16.4. The van der Waals surface area contributed by atoms with Crippen molar-refractivity contribution in [2.45, 2.75) is 19.4 Å². The van der Waals surface area contributed by atoms with E-state index in [1.807, 2.05) is 48.0 Å². The summed E-state index contributed by atoms with van der Waals surface area (Å²) >= 11 is 0. The molecule has 2 aromatic rings. The van der Waals surface area contributed by atoms with E-state index in [1.54, 1.807) is 6.20 Å². The number of hydrogen-bond acceptors (Lipinski definition) is 2. The van der Waals surface area contributed by atoms with Gasteiger partial charge in [-0.2, -0.15) is 0 Å². The Morgan fingerprint density at radius 1 is 1.41 bits per heavy atom. The molecule has 0 aliphatic heterocycles. The summed E-state index contributed by atoms with van der Waals surface area (Å²) in [5.74, 6) is -0.286. The average Bonchev–Trinajstić information content (AvgIpc) is 2.76. The van der Waals surface area contributed by atoms with E-state index in [0.29, 0.717) is 5.82 Å². The monoisotopic (exact) mass is 230 g/mol. The zero-order chi connectivity index (χ0) is 12.3. The molecule has 88 valence electrons. The molecule has 0 amide bonds. The molecular formula is C13H14N2O2. The van der Waals surface area contributed by atoms with Crippen molar-refractivity contribution in [2.24, 2.45) is 0 Å². The maximum atomic E-state index is 10.7. The zero-order valence-corrected chi connectivity index (χ0v) is 9.58. The van der Waals surface area contributed by atoms with Crippen LogP contribution in [0.5, 0.6) is 0 Å². The maximum Gasteiger partial charge on any atom is 0.311 e. The van der Waals surface area contributed by atoms with Gasteiger partial charge in [0.15, 0.2) is 0 Å². The third kappa shape index (κ3) is 2.53. The van der Waals surface area contributed by atoms with Crippen LogP contribution in [0.3, 0.4) is 0 Å². The SMILES string of the molecule is CC(c1ccccc1)n1ccnc1CC(=O)O. The van der Waals surface area contributed by atoms with Gasteiger partial charge in [-0.05, 0) is 12.5 Å². The van der Waals surface area contributed by atoms with E-state index < -0.39 is 5.97 Å². The highest BCUT2D eigenvalue weighted by molar-refractivity contribution is 5.69. The van der Waals surface area contributed by atoms with Gasteiger partial charge in [0.05, 0.1) is 6.04 Å². The Labute approximate surface area is 99.5 Å². The lowest BCUT2D eigenvalue weighted by Gasteiger charge is -2.16. The number of nitrogens with zero attached hydrogens (tertiary/aromatic N) is 2. The molecule has 0 aliphatic rings. The number of aromatic nitrogens is 2. The summed E-state index contributed by atoms with van der Waals surface area (Å²) in [4.78, 5) is 14.8. The second kappa shape index (κ2) is 4.82. The third-order valence-electron chi connectivity index (χ3n) is 2.76. The standard InChI is InChI=1S/C13H14N2O2/c1-10(11-5-3-2-4-6-11)15-8-7-14-12(15)9-13(16)17/h2-8,10H,9H2,1H3,(H,16,17). The number of carboxylic acid groups (broad SMARTS) is 1. The highest BCUT2D eigenvalue weighted by Gasteiger charge is 2.13. The van der Waals surface area contributed by atoms with Crippen LogP contribution in [0.2, 0.25) is 0 Å². The first-order valence-corrected chi connectivity index (χ1v) is 5.47. The second-order valence-corrected chi connectivity index (χ2v) is 3.91. The highest BCUT2D eigenvalue weighted by Crippen LogP contribution is 2.19. The first kappa shape index (κ1) is 11.4. The summed E-state index contributed by atoms with van der Waals surface area (Å²) in [6.45, 7) is 2.03. The molecule has 0 bridgehead atoms. The van der Waals surface area contributed by atoms with Crippen LogP contribution in [0.4, 0.5) is 0 Å². The fourth-order valence-corrected chi connectivity index (χ4v) is 1.86. The van der Waals surface area contributed by atoms with Gasteiger partial charge < -0.3 is 9.67 Å². The van der Waals surface area contributed by atoms with E-state index in [-0.39, 0.29) is 12.5 Å². The number of rotatable bonds is 4. The van der Waals surface area contributed by atoms with E-state index in [9.17, 15) is 4.79 Å². The number of hydrogen-bond donors (Lipinski definition) is 1. The van der Waals surface area contributed by atoms with E-state index in [0.717, 1.165) is 5.56 Å². The summed E-state index contributed by atoms with van der Waals surface area (Å²) in [7, 11) is 0. The van der Waals surface area contributed by atoms with E-state index in [2.05, 4.69) is 4.98 Å². The van der Waals surface area contributed by atoms with Crippen molar-refractivity contribution in [3.05, 3.63) is 54.1 Å². The van der Waals surface area contributed by atoms with Crippen molar-refractivity contribution in [3.8, 4) is 0 Å². The Bertz CT molecular complexity index is 505. The van der Waals surface area contributed by atoms with Gasteiger partial charge in [-0.25, -0.2) is 4.98 Å². The number of carbonyl (C=O) groups is 1. The van der Waals surface area contributed by atoms with Crippen LogP contribution in [-0.4, -0.2) is 20.6 Å². The largest absolute Gasteiger partial charge is 0.481 e. The van der Waals surface area contributed by atoms with Crippen LogP contribution >= 0.6 is 0 Å². The third-order valence-corrected chi connectivity index (χ3v) is 2.76. The molecule has 1 N–H and O–H groups in total. The molecule has 0 saturated heterocycles. The van der Waals surface area contributed by atoms with Crippen LogP contribution < -0.4 is 0 Å². The number of aliphatic carboxylic acids is 1. The molecule has 17 heavy (non-hydrogen) atoms. The van der Waals surface area contributed by atoms with Gasteiger partial charge >= 0.3 is 5.97 Å². The van der Waals surface area contributed by atoms with Crippen LogP contribution in [0.15, 0.2) is 42.7 Å². The Hall–Kier alpha value is -2.10. The summed E-state index contributed by atoms with van der Waals surface area (Å²) < 4.78 is 1.89. The minimum atomic E-state index is -0.863. The first-order valence-electron chi connectivity index (χ1n) is 5.47. The fourth-order valence-electron chi connectivity index (χ4n) is 1.86. The molecule has 1 aromatic heterocycles. The van der Waals surface area contributed by atoms with Crippen LogP contribution in [0.1, 0.15) is 24.4 Å². The molecule has 0 radical (unpaired) electrons. The van der Waals surface area contributed by atoms with Crippen molar-refractivity contribution in [1.29, 1.82) is 0 Å². The van der Waals surface area contributed by atoms with Gasteiger partial charge in [0.1, 0.15) is 12.2 Å². The fraction of sp³-hybridized carbons (Fsp3) is 0.231. The molecule has 4 heteroatoms. The van der Waals surface area contributed by atoms with Crippen molar-refractivity contribution in [1.82, 2.24) is 9.55 Å². The smallest absolute Gasteiger partial charge is 0.311 e. The van der Waals surface area contributed by atoms with Crippen LogP contribution in [0, 0.1) is 0 Å². The normalized spacial score (nSPS) is 12.3. The lowest BCUT2D eigenvalue weighted by molar-refractivity contribution is -0.136. The van der Waals surface area contributed by atoms with Gasteiger partial charge in [-0.3, -0.25) is 4.79 Å². The molecule has 1 unspecified atom stereocenters. The minimum absolute atomic E-state index is 0.0514. The van der Waals surface area contributed by atoms with Crippen molar-refractivity contribution in [2.75, 3.05) is 0 Å². The molecule has 2 rings (SSSR count). The average molecular weight is 230 g/mol. The number of carboxylic acids is 1. The van der Waals surface area contributed by atoms with Gasteiger partial charge in [-0.1, -0.05) is 30.3 Å². The van der Waals surface area contributed by atoms with Crippen LogP contribution in [0.25, 0.3) is 0 Å². The zero-order valence-electron chi connectivity index (χ0n) is 9.58. The van der Waals surface area contributed by atoms with Crippen molar-refractivity contribution >= 4 is 5.97 Å². The van der Waals surface area contributed by atoms with Gasteiger partial charge in [0.25, 0.3) is 0 Å². The van der Waals surface area contributed by atoms with Gasteiger partial charge in [0, 0.05) is 12.4 Å². The molecule has 1 aromatic carbocycles. The quantitative estimate of drug-likeness (QED) is 0.875. The Morgan fingerprint density at radius 3 is 2.76 bits per heavy atom. The Morgan fingerprint density at radius 2 is 2.12 bits per heavy atom. The van der Waals surface area contributed by atoms with E-state index >= 15 is 0 Å². The van der Waals surface area contributed by atoms with Crippen molar-refractivity contribution < 1.29 is 9.90 Å². The lowest BCUT2D eigenvalue weighted by atomic mass is 10.1. The molecule has 1 atom stereocenters. The van der Waals surface area contributed by atoms with Gasteiger partial charge in [0.2, 0.25) is 0 Å². The van der Waals surface area contributed by atoms with E-state index in [1.165, 1.54) is 0 Å². The van der Waals surface area contributed by atoms with Gasteiger partial charge in [-0.15, -0.1) is 0 Å².